The first-order valence-electron chi connectivity index (χ1n) is 9.54. The van der Waals surface area contributed by atoms with Crippen LogP contribution < -0.4 is 10.6 Å². The fraction of sp³-hybridized carbons (Fsp3) is 0.400. The lowest BCUT2D eigenvalue weighted by molar-refractivity contribution is 0.346. The van der Waals surface area contributed by atoms with Crippen molar-refractivity contribution in [2.24, 2.45) is 4.99 Å². The maximum Gasteiger partial charge on any atom is 0.243 e. The van der Waals surface area contributed by atoms with Crippen molar-refractivity contribution in [3.8, 4) is 0 Å². The molecule has 7 nitrogen and oxygen atoms in total. The highest BCUT2D eigenvalue weighted by Gasteiger charge is 2.27. The second kappa shape index (κ2) is 11.5. The molecule has 0 atom stereocenters. The first kappa shape index (κ1) is 23.6. The fourth-order valence-corrected chi connectivity index (χ4v) is 4.96. The van der Waals surface area contributed by atoms with Crippen LogP contribution in [0, 0.1) is 0 Å². The summed E-state index contributed by atoms with van der Waals surface area (Å²) in [6, 6.07) is 12.9. The van der Waals surface area contributed by atoms with Gasteiger partial charge in [0.15, 0.2) is 5.96 Å². The molecule has 1 fully saturated rings. The molecule has 2 heterocycles. The van der Waals surface area contributed by atoms with Gasteiger partial charge in [0.05, 0.1) is 17.1 Å². The number of hydrogen-bond donors (Lipinski definition) is 2. The zero-order valence-corrected chi connectivity index (χ0v) is 19.7. The summed E-state index contributed by atoms with van der Waals surface area (Å²) >= 11 is 0. The smallest absolute Gasteiger partial charge is 0.243 e. The van der Waals surface area contributed by atoms with Crippen LogP contribution in [-0.2, 0) is 23.1 Å². The zero-order valence-electron chi connectivity index (χ0n) is 16.5. The number of nitrogens with one attached hydrogen (secondary N) is 2. The molecular weight excluding hydrogens is 501 g/mol. The number of sulfonamides is 1. The zero-order chi connectivity index (χ0) is 19.8. The Labute approximate surface area is 190 Å². The predicted octanol–water partition coefficient (Wildman–Crippen LogP) is 2.74. The van der Waals surface area contributed by atoms with E-state index in [1.165, 1.54) is 0 Å². The van der Waals surface area contributed by atoms with Gasteiger partial charge in [-0.15, -0.1) is 24.0 Å². The van der Waals surface area contributed by atoms with Crippen molar-refractivity contribution in [1.29, 1.82) is 0 Å². The molecule has 9 heteroatoms. The SMILES string of the molecule is CN=C(NCc1ccccn1)NCc1ccccc1S(=O)(=O)N1CCCCC1.I. The van der Waals surface area contributed by atoms with Gasteiger partial charge < -0.3 is 10.6 Å². The minimum Gasteiger partial charge on any atom is -0.352 e. The molecule has 0 saturated carbocycles. The quantitative estimate of drug-likeness (QED) is 0.342. The number of halogens is 1. The average Bonchev–Trinajstić information content (AvgIpc) is 2.75. The second-order valence-electron chi connectivity index (χ2n) is 6.67. The highest BCUT2D eigenvalue weighted by atomic mass is 127. The van der Waals surface area contributed by atoms with E-state index in [0.717, 1.165) is 30.5 Å². The Kier molecular flexibility index (Phi) is 9.31. The third-order valence-electron chi connectivity index (χ3n) is 4.74. The highest BCUT2D eigenvalue weighted by molar-refractivity contribution is 14.0. The fourth-order valence-electron chi connectivity index (χ4n) is 3.22. The summed E-state index contributed by atoms with van der Waals surface area (Å²) in [6.45, 7) is 2.09. The van der Waals surface area contributed by atoms with E-state index in [-0.39, 0.29) is 24.0 Å². The summed E-state index contributed by atoms with van der Waals surface area (Å²) in [5, 5.41) is 6.39. The van der Waals surface area contributed by atoms with Crippen LogP contribution in [0.3, 0.4) is 0 Å². The lowest BCUT2D eigenvalue weighted by atomic mass is 10.2. The van der Waals surface area contributed by atoms with Crippen LogP contribution in [0.4, 0.5) is 0 Å². The normalized spacial score (nSPS) is 15.4. The molecule has 0 amide bonds. The van der Waals surface area contributed by atoms with Gasteiger partial charge in [0.25, 0.3) is 0 Å². The molecule has 0 aliphatic carbocycles. The Morgan fingerprint density at radius 2 is 1.72 bits per heavy atom. The largest absolute Gasteiger partial charge is 0.352 e. The minimum absolute atomic E-state index is 0. The standard InChI is InChI=1S/C20H27N5O2S.HI/c1-21-20(24-16-18-10-5-6-12-22-18)23-15-17-9-3-4-11-19(17)28(26,27)25-13-7-2-8-14-25;/h3-6,9-12H,2,7-8,13-16H2,1H3,(H2,21,23,24);1H. The number of hydrogen-bond acceptors (Lipinski definition) is 4. The second-order valence-corrected chi connectivity index (χ2v) is 8.58. The Bertz CT molecular complexity index is 900. The molecule has 2 aromatic rings. The Hall–Kier alpha value is -1.72. The van der Waals surface area contributed by atoms with Crippen LogP contribution in [-0.4, -0.2) is 43.8 Å². The predicted molar refractivity (Wildman–Crippen MR) is 126 cm³/mol. The number of piperidine rings is 1. The average molecular weight is 529 g/mol. The van der Waals surface area contributed by atoms with Gasteiger partial charge in [-0.25, -0.2) is 8.42 Å². The van der Waals surface area contributed by atoms with Crippen LogP contribution in [0.2, 0.25) is 0 Å². The van der Waals surface area contributed by atoms with Crippen LogP contribution in [0.5, 0.6) is 0 Å². The van der Waals surface area contributed by atoms with Gasteiger partial charge in [0, 0.05) is 32.9 Å². The van der Waals surface area contributed by atoms with Crippen molar-refractivity contribution in [2.75, 3.05) is 20.1 Å². The lowest BCUT2D eigenvalue weighted by Gasteiger charge is -2.27. The van der Waals surface area contributed by atoms with Crippen molar-refractivity contribution in [2.45, 2.75) is 37.2 Å². The van der Waals surface area contributed by atoms with E-state index < -0.39 is 10.0 Å². The number of pyridine rings is 1. The first-order chi connectivity index (χ1) is 13.6. The van der Waals surface area contributed by atoms with Crippen molar-refractivity contribution in [3.63, 3.8) is 0 Å². The van der Waals surface area contributed by atoms with Gasteiger partial charge >= 0.3 is 0 Å². The number of benzene rings is 1. The molecule has 1 aliphatic heterocycles. The molecule has 1 aromatic carbocycles. The molecule has 0 spiro atoms. The number of guanidine groups is 1. The highest BCUT2D eigenvalue weighted by Crippen LogP contribution is 2.23. The van der Waals surface area contributed by atoms with E-state index in [1.54, 1.807) is 29.7 Å². The Balaban J connectivity index is 0.00000300. The molecule has 0 bridgehead atoms. The van der Waals surface area contributed by atoms with Gasteiger partial charge in [0.1, 0.15) is 0 Å². The Morgan fingerprint density at radius 1 is 1.03 bits per heavy atom. The molecular formula is C20H28IN5O2S. The van der Waals surface area contributed by atoms with E-state index in [2.05, 4.69) is 20.6 Å². The molecule has 0 unspecified atom stereocenters. The molecule has 1 aliphatic rings. The molecule has 3 rings (SSSR count). The third kappa shape index (κ3) is 6.38. The third-order valence-corrected chi connectivity index (χ3v) is 6.74. The van der Waals surface area contributed by atoms with Crippen molar-refractivity contribution in [1.82, 2.24) is 19.9 Å². The van der Waals surface area contributed by atoms with E-state index in [9.17, 15) is 8.42 Å². The number of aliphatic imine (C=N–C) groups is 1. The summed E-state index contributed by atoms with van der Waals surface area (Å²) in [5.41, 5.74) is 1.63. The van der Waals surface area contributed by atoms with Gasteiger partial charge in [0.2, 0.25) is 10.0 Å². The van der Waals surface area contributed by atoms with E-state index in [0.29, 0.717) is 37.0 Å². The minimum atomic E-state index is -3.48. The van der Waals surface area contributed by atoms with Crippen LogP contribution in [0.1, 0.15) is 30.5 Å². The monoisotopic (exact) mass is 529 g/mol. The van der Waals surface area contributed by atoms with Crippen LogP contribution >= 0.6 is 24.0 Å². The summed E-state index contributed by atoms with van der Waals surface area (Å²) in [7, 11) is -1.79. The van der Waals surface area contributed by atoms with Crippen molar-refractivity contribution in [3.05, 3.63) is 59.9 Å². The lowest BCUT2D eigenvalue weighted by Crippen LogP contribution is -2.38. The van der Waals surface area contributed by atoms with E-state index >= 15 is 0 Å². The molecule has 1 aromatic heterocycles. The topological polar surface area (TPSA) is 86.7 Å². The number of aromatic nitrogens is 1. The molecule has 158 valence electrons. The van der Waals surface area contributed by atoms with Gasteiger partial charge in [-0.05, 0) is 36.6 Å². The van der Waals surface area contributed by atoms with Gasteiger partial charge in [-0.3, -0.25) is 9.98 Å². The van der Waals surface area contributed by atoms with Crippen LogP contribution in [0.25, 0.3) is 0 Å². The maximum absolute atomic E-state index is 13.1. The Morgan fingerprint density at radius 3 is 2.41 bits per heavy atom. The molecule has 29 heavy (non-hydrogen) atoms. The molecule has 2 N–H and O–H groups in total. The van der Waals surface area contributed by atoms with Gasteiger partial charge in [-0.2, -0.15) is 4.31 Å². The van der Waals surface area contributed by atoms with Crippen molar-refractivity contribution < 1.29 is 8.42 Å². The molecule has 0 radical (unpaired) electrons. The van der Waals surface area contributed by atoms with Gasteiger partial charge in [-0.1, -0.05) is 30.7 Å². The summed E-state index contributed by atoms with van der Waals surface area (Å²) in [5.74, 6) is 0.593. The molecule has 1 saturated heterocycles. The van der Waals surface area contributed by atoms with Crippen molar-refractivity contribution >= 4 is 40.0 Å². The number of nitrogens with zero attached hydrogens (tertiary/aromatic N) is 3. The number of rotatable bonds is 6. The van der Waals surface area contributed by atoms with E-state index in [4.69, 9.17) is 0 Å². The van der Waals surface area contributed by atoms with Crippen LogP contribution in [0.15, 0.2) is 58.5 Å². The summed E-state index contributed by atoms with van der Waals surface area (Å²) in [4.78, 5) is 8.84. The first-order valence-corrected chi connectivity index (χ1v) is 11.0. The summed E-state index contributed by atoms with van der Waals surface area (Å²) in [6.07, 6.45) is 4.68. The summed E-state index contributed by atoms with van der Waals surface area (Å²) < 4.78 is 27.8. The maximum atomic E-state index is 13.1. The van der Waals surface area contributed by atoms with E-state index in [1.807, 2.05) is 30.3 Å².